The smallest absolute Gasteiger partial charge is 0.263 e. The van der Waals surface area contributed by atoms with Gasteiger partial charge in [0, 0.05) is 12.3 Å². The number of halogens is 3. The van der Waals surface area contributed by atoms with E-state index in [1.807, 2.05) is 0 Å². The van der Waals surface area contributed by atoms with Crippen molar-refractivity contribution >= 4 is 50.6 Å². The van der Waals surface area contributed by atoms with E-state index in [-0.39, 0.29) is 26.3 Å². The SMILES string of the molecule is O=S(=O)(Nc1cc(Cl)nc(Cl)n1)c1ccnc(Cl)c1. The number of aromatic nitrogens is 3. The third-order valence-electron chi connectivity index (χ3n) is 1.91. The summed E-state index contributed by atoms with van der Waals surface area (Å²) in [5, 5.41) is -0.0925. The summed E-state index contributed by atoms with van der Waals surface area (Å²) < 4.78 is 26.3. The van der Waals surface area contributed by atoms with Crippen LogP contribution in [-0.4, -0.2) is 23.4 Å². The second-order valence-electron chi connectivity index (χ2n) is 3.26. The Morgan fingerprint density at radius 1 is 1.05 bits per heavy atom. The Labute approximate surface area is 123 Å². The zero-order valence-electron chi connectivity index (χ0n) is 9.01. The summed E-state index contributed by atoms with van der Waals surface area (Å²) in [5.41, 5.74) is 0. The largest absolute Gasteiger partial charge is 0.263 e. The van der Waals surface area contributed by atoms with Crippen LogP contribution < -0.4 is 4.72 Å². The zero-order chi connectivity index (χ0) is 14.0. The summed E-state index contributed by atoms with van der Waals surface area (Å²) in [6.07, 6.45) is 1.27. The van der Waals surface area contributed by atoms with Gasteiger partial charge in [0.25, 0.3) is 10.0 Å². The number of rotatable bonds is 3. The van der Waals surface area contributed by atoms with Crippen molar-refractivity contribution in [1.29, 1.82) is 0 Å². The van der Waals surface area contributed by atoms with Crippen molar-refractivity contribution in [2.45, 2.75) is 4.90 Å². The molecule has 6 nitrogen and oxygen atoms in total. The monoisotopic (exact) mass is 338 g/mol. The van der Waals surface area contributed by atoms with E-state index in [1.54, 1.807) is 0 Å². The fraction of sp³-hybridized carbons (Fsp3) is 0. The average Bonchev–Trinajstić information content (AvgIpc) is 2.26. The highest BCUT2D eigenvalue weighted by Gasteiger charge is 2.16. The van der Waals surface area contributed by atoms with Gasteiger partial charge in [0.2, 0.25) is 5.28 Å². The number of sulfonamides is 1. The van der Waals surface area contributed by atoms with E-state index in [4.69, 9.17) is 34.8 Å². The maximum atomic E-state index is 12.0. The number of hydrogen-bond acceptors (Lipinski definition) is 5. The lowest BCUT2D eigenvalue weighted by Gasteiger charge is -2.07. The number of hydrogen-bond donors (Lipinski definition) is 1. The van der Waals surface area contributed by atoms with Crippen LogP contribution in [0.2, 0.25) is 15.6 Å². The maximum Gasteiger partial charge on any atom is 0.263 e. The van der Waals surface area contributed by atoms with Crippen LogP contribution in [0.15, 0.2) is 29.3 Å². The molecule has 19 heavy (non-hydrogen) atoms. The molecular formula is C9H5Cl3N4O2S. The van der Waals surface area contributed by atoms with Gasteiger partial charge in [-0.05, 0) is 23.7 Å². The minimum Gasteiger partial charge on any atom is -0.263 e. The molecule has 10 heteroatoms. The molecule has 0 saturated heterocycles. The molecule has 0 unspecified atom stereocenters. The van der Waals surface area contributed by atoms with Gasteiger partial charge in [0.15, 0.2) is 0 Å². The van der Waals surface area contributed by atoms with Crippen LogP contribution in [0, 0.1) is 0 Å². The standard InChI is InChI=1S/C9H5Cl3N4O2S/c10-6-3-5(1-2-13-6)19(17,18)16-8-4-7(11)14-9(12)15-8/h1-4H,(H,14,15,16). The molecule has 0 aliphatic rings. The minimum absolute atomic E-state index is 0.0189. The molecule has 2 rings (SSSR count). The molecule has 0 aliphatic carbocycles. The Hall–Kier alpha value is -1.15. The Kier molecular flexibility index (Phi) is 4.10. The lowest BCUT2D eigenvalue weighted by Crippen LogP contribution is -2.14. The fourth-order valence-electron chi connectivity index (χ4n) is 1.19. The van der Waals surface area contributed by atoms with Gasteiger partial charge in [-0.25, -0.2) is 18.4 Å². The first-order chi connectivity index (χ1) is 8.87. The van der Waals surface area contributed by atoms with E-state index in [0.717, 1.165) is 0 Å². The van der Waals surface area contributed by atoms with Gasteiger partial charge in [-0.15, -0.1) is 0 Å². The molecular weight excluding hydrogens is 335 g/mol. The molecule has 1 N–H and O–H groups in total. The van der Waals surface area contributed by atoms with Crippen LogP contribution in [0.25, 0.3) is 0 Å². The van der Waals surface area contributed by atoms with Gasteiger partial charge in [0.05, 0.1) is 4.90 Å². The highest BCUT2D eigenvalue weighted by Crippen LogP contribution is 2.19. The van der Waals surface area contributed by atoms with Gasteiger partial charge in [0.1, 0.15) is 16.1 Å². The molecule has 0 saturated carbocycles. The Morgan fingerprint density at radius 2 is 1.79 bits per heavy atom. The van der Waals surface area contributed by atoms with E-state index in [9.17, 15) is 8.42 Å². The molecule has 2 aromatic heterocycles. The predicted molar refractivity (Wildman–Crippen MR) is 72.1 cm³/mol. The Balaban J connectivity index is 2.36. The Bertz CT molecular complexity index is 703. The van der Waals surface area contributed by atoms with Gasteiger partial charge in [-0.3, -0.25) is 4.72 Å². The molecule has 0 amide bonds. The maximum absolute atomic E-state index is 12.0. The zero-order valence-corrected chi connectivity index (χ0v) is 12.1. The van der Waals surface area contributed by atoms with E-state index < -0.39 is 10.0 Å². The van der Waals surface area contributed by atoms with Crippen molar-refractivity contribution in [3.8, 4) is 0 Å². The van der Waals surface area contributed by atoms with E-state index >= 15 is 0 Å². The van der Waals surface area contributed by atoms with Crippen LogP contribution in [0.1, 0.15) is 0 Å². The van der Waals surface area contributed by atoms with Crippen molar-refractivity contribution in [3.63, 3.8) is 0 Å². The number of pyridine rings is 1. The van der Waals surface area contributed by atoms with E-state index in [0.29, 0.717) is 0 Å². The molecule has 2 aromatic rings. The number of anilines is 1. The van der Waals surface area contributed by atoms with Crippen molar-refractivity contribution in [1.82, 2.24) is 15.0 Å². The van der Waals surface area contributed by atoms with Crippen LogP contribution in [0.5, 0.6) is 0 Å². The van der Waals surface area contributed by atoms with Crippen LogP contribution in [-0.2, 0) is 10.0 Å². The van der Waals surface area contributed by atoms with Crippen LogP contribution >= 0.6 is 34.8 Å². The third kappa shape index (κ3) is 3.66. The normalized spacial score (nSPS) is 11.3. The molecule has 0 aliphatic heterocycles. The molecule has 2 heterocycles. The summed E-state index contributed by atoms with van der Waals surface area (Å²) in [4.78, 5) is 10.9. The molecule has 0 bridgehead atoms. The van der Waals surface area contributed by atoms with Gasteiger partial charge >= 0.3 is 0 Å². The summed E-state index contributed by atoms with van der Waals surface area (Å²) in [6, 6.07) is 3.72. The van der Waals surface area contributed by atoms with Crippen LogP contribution in [0.3, 0.4) is 0 Å². The van der Waals surface area contributed by atoms with E-state index in [2.05, 4.69) is 19.7 Å². The van der Waals surface area contributed by atoms with Crippen molar-refractivity contribution in [2.75, 3.05) is 4.72 Å². The summed E-state index contributed by atoms with van der Waals surface area (Å²) in [5.74, 6) is -0.0436. The highest BCUT2D eigenvalue weighted by molar-refractivity contribution is 7.92. The predicted octanol–water partition coefficient (Wildman–Crippen LogP) is 2.63. The van der Waals surface area contributed by atoms with Crippen molar-refractivity contribution in [3.05, 3.63) is 40.0 Å². The van der Waals surface area contributed by atoms with E-state index in [1.165, 1.54) is 24.4 Å². The lowest BCUT2D eigenvalue weighted by molar-refractivity contribution is 0.601. The number of nitrogens with one attached hydrogen (secondary N) is 1. The summed E-state index contributed by atoms with van der Waals surface area (Å²) >= 11 is 16.9. The summed E-state index contributed by atoms with van der Waals surface area (Å²) in [6.45, 7) is 0. The fourth-order valence-corrected chi connectivity index (χ4v) is 2.84. The van der Waals surface area contributed by atoms with Gasteiger partial charge in [-0.1, -0.05) is 23.2 Å². The minimum atomic E-state index is -3.85. The molecule has 0 atom stereocenters. The van der Waals surface area contributed by atoms with Gasteiger partial charge in [-0.2, -0.15) is 4.98 Å². The van der Waals surface area contributed by atoms with Crippen molar-refractivity contribution in [2.24, 2.45) is 0 Å². The van der Waals surface area contributed by atoms with Crippen molar-refractivity contribution < 1.29 is 8.42 Å². The lowest BCUT2D eigenvalue weighted by atomic mass is 10.5. The molecule has 0 radical (unpaired) electrons. The first-order valence-electron chi connectivity index (χ1n) is 4.71. The highest BCUT2D eigenvalue weighted by atomic mass is 35.5. The quantitative estimate of drug-likeness (QED) is 0.528. The second-order valence-corrected chi connectivity index (χ2v) is 6.06. The van der Waals surface area contributed by atoms with Crippen LogP contribution in [0.4, 0.5) is 5.82 Å². The second kappa shape index (κ2) is 5.46. The molecule has 0 aromatic carbocycles. The topological polar surface area (TPSA) is 84.8 Å². The molecule has 100 valence electrons. The Morgan fingerprint density at radius 3 is 2.42 bits per heavy atom. The first-order valence-corrected chi connectivity index (χ1v) is 7.33. The number of nitrogens with zero attached hydrogens (tertiary/aromatic N) is 3. The van der Waals surface area contributed by atoms with Gasteiger partial charge < -0.3 is 0 Å². The molecule has 0 fully saturated rings. The average molecular weight is 340 g/mol. The first kappa shape index (κ1) is 14.3. The third-order valence-corrected chi connectivity index (χ3v) is 3.84. The molecule has 0 spiro atoms. The summed E-state index contributed by atoms with van der Waals surface area (Å²) in [7, 11) is -3.85.